The highest BCUT2D eigenvalue weighted by Gasteiger charge is 2.38. The van der Waals surface area contributed by atoms with Crippen LogP contribution < -0.4 is 0 Å². The molecule has 0 radical (unpaired) electrons. The molecule has 3 nitrogen and oxygen atoms in total. The molecule has 0 aromatic carbocycles. The Morgan fingerprint density at radius 2 is 1.75 bits per heavy atom. The molecule has 1 rings (SSSR count). The average Bonchev–Trinajstić information content (AvgIpc) is 2.08. The SMILES string of the molecule is CO[C@H]1O[C@H](C)[C@H](C)[C@H](O)[C@@H]1C. The largest absolute Gasteiger partial charge is 0.392 e. The Labute approximate surface area is 73.7 Å². The molecule has 0 spiro atoms. The Balaban J connectivity index is 2.63. The molecule has 1 fully saturated rings. The first kappa shape index (κ1) is 9.96. The molecule has 1 heterocycles. The van der Waals surface area contributed by atoms with Crippen LogP contribution in [0.5, 0.6) is 0 Å². The van der Waals surface area contributed by atoms with Gasteiger partial charge >= 0.3 is 0 Å². The summed E-state index contributed by atoms with van der Waals surface area (Å²) >= 11 is 0. The van der Waals surface area contributed by atoms with Crippen molar-refractivity contribution in [1.82, 2.24) is 0 Å². The maximum Gasteiger partial charge on any atom is 0.162 e. The first-order chi connectivity index (χ1) is 5.57. The highest BCUT2D eigenvalue weighted by atomic mass is 16.7. The van der Waals surface area contributed by atoms with E-state index in [1.54, 1.807) is 7.11 Å². The molecule has 1 aliphatic heterocycles. The van der Waals surface area contributed by atoms with Gasteiger partial charge in [-0.25, -0.2) is 0 Å². The highest BCUT2D eigenvalue weighted by molar-refractivity contribution is 4.82. The van der Waals surface area contributed by atoms with Crippen LogP contribution in [0.25, 0.3) is 0 Å². The van der Waals surface area contributed by atoms with Gasteiger partial charge in [0.25, 0.3) is 0 Å². The molecule has 5 atom stereocenters. The number of methoxy groups -OCH3 is 1. The predicted octanol–water partition coefficient (Wildman–Crippen LogP) is 1.01. The molecule has 0 saturated carbocycles. The summed E-state index contributed by atoms with van der Waals surface area (Å²) in [6.45, 7) is 5.91. The zero-order valence-electron chi connectivity index (χ0n) is 8.15. The molecular weight excluding hydrogens is 156 g/mol. The number of aliphatic hydroxyl groups is 1. The fourth-order valence-corrected chi connectivity index (χ4v) is 1.65. The van der Waals surface area contributed by atoms with Gasteiger partial charge in [0.1, 0.15) is 0 Å². The Kier molecular flexibility index (Phi) is 3.09. The van der Waals surface area contributed by atoms with Crippen molar-refractivity contribution in [3.8, 4) is 0 Å². The summed E-state index contributed by atoms with van der Waals surface area (Å²) in [6, 6.07) is 0. The van der Waals surface area contributed by atoms with Gasteiger partial charge in [-0.2, -0.15) is 0 Å². The molecule has 1 saturated heterocycles. The molecule has 0 bridgehead atoms. The molecule has 12 heavy (non-hydrogen) atoms. The van der Waals surface area contributed by atoms with Gasteiger partial charge in [0.15, 0.2) is 6.29 Å². The van der Waals surface area contributed by atoms with Gasteiger partial charge in [-0.05, 0) is 6.92 Å². The van der Waals surface area contributed by atoms with Gasteiger partial charge in [0, 0.05) is 18.9 Å². The third-order valence-electron chi connectivity index (χ3n) is 2.83. The monoisotopic (exact) mass is 174 g/mol. The summed E-state index contributed by atoms with van der Waals surface area (Å²) in [5.74, 6) is 0.243. The standard InChI is InChI=1S/C9H18O3/c1-5-7(3)12-9(11-4)6(2)8(5)10/h5-10H,1-4H3/t5-,6-,7+,8-,9-/m0/s1. The fraction of sp³-hybridized carbons (Fsp3) is 1.00. The number of hydrogen-bond donors (Lipinski definition) is 1. The van der Waals surface area contributed by atoms with Crippen molar-refractivity contribution in [3.63, 3.8) is 0 Å². The molecule has 72 valence electrons. The zero-order chi connectivity index (χ0) is 9.30. The molecule has 0 aromatic heterocycles. The quantitative estimate of drug-likeness (QED) is 0.644. The summed E-state index contributed by atoms with van der Waals surface area (Å²) in [5, 5.41) is 9.76. The zero-order valence-corrected chi connectivity index (χ0v) is 8.15. The Bertz CT molecular complexity index is 144. The lowest BCUT2D eigenvalue weighted by atomic mass is 9.86. The van der Waals surface area contributed by atoms with Crippen LogP contribution in [0, 0.1) is 11.8 Å². The summed E-state index contributed by atoms with van der Waals surface area (Å²) in [5.41, 5.74) is 0. The van der Waals surface area contributed by atoms with Crippen molar-refractivity contribution >= 4 is 0 Å². The van der Waals surface area contributed by atoms with Gasteiger partial charge in [-0.15, -0.1) is 0 Å². The molecule has 0 aromatic rings. The van der Waals surface area contributed by atoms with Crippen LogP contribution in [0.3, 0.4) is 0 Å². The smallest absolute Gasteiger partial charge is 0.162 e. The Hall–Kier alpha value is -0.120. The van der Waals surface area contributed by atoms with E-state index in [9.17, 15) is 5.11 Å². The van der Waals surface area contributed by atoms with E-state index in [-0.39, 0.29) is 30.3 Å². The molecular formula is C9H18O3. The van der Waals surface area contributed by atoms with Crippen molar-refractivity contribution in [1.29, 1.82) is 0 Å². The first-order valence-electron chi connectivity index (χ1n) is 4.44. The van der Waals surface area contributed by atoms with Gasteiger partial charge in [0.05, 0.1) is 12.2 Å². The van der Waals surface area contributed by atoms with E-state index >= 15 is 0 Å². The third-order valence-corrected chi connectivity index (χ3v) is 2.83. The average molecular weight is 174 g/mol. The minimum absolute atomic E-state index is 0.0567. The second kappa shape index (κ2) is 3.73. The minimum Gasteiger partial charge on any atom is -0.392 e. The van der Waals surface area contributed by atoms with E-state index in [2.05, 4.69) is 0 Å². The Morgan fingerprint density at radius 1 is 1.17 bits per heavy atom. The fourth-order valence-electron chi connectivity index (χ4n) is 1.65. The molecule has 1 N–H and O–H groups in total. The van der Waals surface area contributed by atoms with Gasteiger partial charge < -0.3 is 14.6 Å². The lowest BCUT2D eigenvalue weighted by Gasteiger charge is -2.40. The maximum atomic E-state index is 9.76. The third kappa shape index (κ3) is 1.63. The topological polar surface area (TPSA) is 38.7 Å². The van der Waals surface area contributed by atoms with Gasteiger partial charge in [-0.3, -0.25) is 0 Å². The van der Waals surface area contributed by atoms with E-state index in [0.29, 0.717) is 0 Å². The first-order valence-corrected chi connectivity index (χ1v) is 4.44. The lowest BCUT2D eigenvalue weighted by molar-refractivity contribution is -0.248. The minimum atomic E-state index is -0.321. The van der Waals surface area contributed by atoms with Crippen molar-refractivity contribution in [3.05, 3.63) is 0 Å². The van der Waals surface area contributed by atoms with Crippen LogP contribution in [0.15, 0.2) is 0 Å². The maximum absolute atomic E-state index is 9.76. The summed E-state index contributed by atoms with van der Waals surface area (Å²) < 4.78 is 10.7. The van der Waals surface area contributed by atoms with Crippen LogP contribution >= 0.6 is 0 Å². The van der Waals surface area contributed by atoms with Crippen molar-refractivity contribution in [2.45, 2.75) is 39.3 Å². The van der Waals surface area contributed by atoms with E-state index in [1.807, 2.05) is 20.8 Å². The van der Waals surface area contributed by atoms with Gasteiger partial charge in [0.2, 0.25) is 0 Å². The highest BCUT2D eigenvalue weighted by Crippen LogP contribution is 2.29. The summed E-state index contributed by atoms with van der Waals surface area (Å²) in [7, 11) is 1.61. The van der Waals surface area contributed by atoms with Crippen molar-refractivity contribution in [2.75, 3.05) is 7.11 Å². The van der Waals surface area contributed by atoms with E-state index in [4.69, 9.17) is 9.47 Å². The van der Waals surface area contributed by atoms with Gasteiger partial charge in [-0.1, -0.05) is 13.8 Å². The molecule has 0 amide bonds. The normalized spacial score (nSPS) is 49.2. The molecule has 3 heteroatoms. The summed E-state index contributed by atoms with van der Waals surface area (Å²) in [6.07, 6.45) is -0.508. The van der Waals surface area contributed by atoms with Crippen molar-refractivity contribution in [2.24, 2.45) is 11.8 Å². The number of ether oxygens (including phenoxy) is 2. The van der Waals surface area contributed by atoms with E-state index in [0.717, 1.165) is 0 Å². The van der Waals surface area contributed by atoms with Crippen LogP contribution in [-0.4, -0.2) is 30.7 Å². The van der Waals surface area contributed by atoms with Crippen LogP contribution in [-0.2, 0) is 9.47 Å². The van der Waals surface area contributed by atoms with Crippen LogP contribution in [0.2, 0.25) is 0 Å². The predicted molar refractivity (Wildman–Crippen MR) is 45.7 cm³/mol. The second-order valence-corrected chi connectivity index (χ2v) is 3.65. The molecule has 1 aliphatic rings. The number of hydrogen-bond acceptors (Lipinski definition) is 3. The van der Waals surface area contributed by atoms with E-state index in [1.165, 1.54) is 0 Å². The van der Waals surface area contributed by atoms with E-state index < -0.39 is 0 Å². The van der Waals surface area contributed by atoms with Crippen LogP contribution in [0.1, 0.15) is 20.8 Å². The molecule has 0 aliphatic carbocycles. The van der Waals surface area contributed by atoms with Crippen molar-refractivity contribution < 1.29 is 14.6 Å². The summed E-state index contributed by atoms with van der Waals surface area (Å²) in [4.78, 5) is 0. The number of rotatable bonds is 1. The molecule has 0 unspecified atom stereocenters. The Morgan fingerprint density at radius 3 is 2.25 bits per heavy atom. The van der Waals surface area contributed by atoms with Crippen LogP contribution in [0.4, 0.5) is 0 Å². The lowest BCUT2D eigenvalue weighted by Crippen LogP contribution is -2.48. The number of aliphatic hydroxyl groups excluding tert-OH is 1. The second-order valence-electron chi connectivity index (χ2n) is 3.65.